The number of guanidine groups is 1. The average Bonchev–Trinajstić information content (AvgIpc) is 2.73. The predicted molar refractivity (Wildman–Crippen MR) is 68.9 cm³/mol. The first-order chi connectivity index (χ1) is 8.34. The van der Waals surface area contributed by atoms with Gasteiger partial charge in [-0.25, -0.2) is 10.1 Å². The summed E-state index contributed by atoms with van der Waals surface area (Å²) < 4.78 is 5.34. The van der Waals surface area contributed by atoms with E-state index in [0.717, 1.165) is 13.0 Å². The zero-order chi connectivity index (χ0) is 13.8. The minimum atomic E-state index is -0.577. The summed E-state index contributed by atoms with van der Waals surface area (Å²) in [6, 6.07) is 0. The fourth-order valence-electron chi connectivity index (χ4n) is 1.98. The van der Waals surface area contributed by atoms with Crippen molar-refractivity contribution in [2.45, 2.75) is 32.7 Å². The van der Waals surface area contributed by atoms with Crippen LogP contribution in [0.5, 0.6) is 0 Å². The Bertz CT molecular complexity index is 319. The molecule has 0 aliphatic carbocycles. The highest BCUT2D eigenvalue weighted by atomic mass is 16.7. The van der Waals surface area contributed by atoms with Gasteiger partial charge in [0.25, 0.3) is 5.96 Å². The molecule has 1 N–H and O–H groups in total. The molecule has 1 aliphatic rings. The molecule has 0 aromatic heterocycles. The molecule has 0 aromatic carbocycles. The molecule has 7 nitrogen and oxygen atoms in total. The molecule has 1 atom stereocenters. The number of hydrogen-bond donors (Lipinski definition) is 1. The van der Waals surface area contributed by atoms with Crippen LogP contribution in [0.15, 0.2) is 4.99 Å². The lowest BCUT2D eigenvalue weighted by atomic mass is 10.0. The fourth-order valence-corrected chi connectivity index (χ4v) is 1.98. The molecule has 0 amide bonds. The highest BCUT2D eigenvalue weighted by Gasteiger charge is 2.30. The van der Waals surface area contributed by atoms with Gasteiger partial charge in [-0.2, -0.15) is 0 Å². The van der Waals surface area contributed by atoms with E-state index in [9.17, 15) is 10.1 Å². The molecule has 0 aromatic rings. The molecule has 104 valence electrons. The summed E-state index contributed by atoms with van der Waals surface area (Å²) in [5, 5.41) is 10.0. The Labute approximate surface area is 107 Å². The second-order valence-electron chi connectivity index (χ2n) is 5.43. The van der Waals surface area contributed by atoms with E-state index >= 15 is 0 Å². The van der Waals surface area contributed by atoms with Crippen LogP contribution in [0.25, 0.3) is 0 Å². The number of hydrazine groups is 1. The van der Waals surface area contributed by atoms with Crippen LogP contribution >= 0.6 is 0 Å². The van der Waals surface area contributed by atoms with Crippen molar-refractivity contribution in [2.24, 2.45) is 10.9 Å². The summed E-state index contributed by atoms with van der Waals surface area (Å²) in [6.45, 7) is 8.21. The monoisotopic (exact) mass is 258 g/mol. The molecule has 7 heteroatoms. The zero-order valence-electron chi connectivity index (χ0n) is 11.5. The second-order valence-corrected chi connectivity index (χ2v) is 5.43. The first kappa shape index (κ1) is 14.7. The second kappa shape index (κ2) is 5.99. The van der Waals surface area contributed by atoms with E-state index in [0.29, 0.717) is 25.0 Å². The molecule has 18 heavy (non-hydrogen) atoms. The summed E-state index contributed by atoms with van der Waals surface area (Å²) in [4.78, 5) is 16.5. The summed E-state index contributed by atoms with van der Waals surface area (Å²) in [5.74, 6) is 0.689. The summed E-state index contributed by atoms with van der Waals surface area (Å²) in [6.07, 6.45) is 0.988. The number of hydrogen-bond acceptors (Lipinski definition) is 4. The van der Waals surface area contributed by atoms with Crippen molar-refractivity contribution in [3.63, 3.8) is 0 Å². The number of aliphatic imine (C=N–C) groups is 1. The van der Waals surface area contributed by atoms with Crippen LogP contribution in [-0.2, 0) is 4.74 Å². The van der Waals surface area contributed by atoms with Crippen molar-refractivity contribution < 1.29 is 9.77 Å². The maximum Gasteiger partial charge on any atom is 0.257 e. The van der Waals surface area contributed by atoms with Crippen molar-refractivity contribution in [1.82, 2.24) is 10.3 Å². The first-order valence-corrected chi connectivity index (χ1v) is 6.08. The Morgan fingerprint density at radius 1 is 1.61 bits per heavy atom. The quantitative estimate of drug-likeness (QED) is 0.352. The van der Waals surface area contributed by atoms with Crippen LogP contribution in [0.3, 0.4) is 0 Å². The number of nitrogens with one attached hydrogen (secondary N) is 1. The average molecular weight is 258 g/mol. The topological polar surface area (TPSA) is 80.0 Å². The van der Waals surface area contributed by atoms with E-state index in [2.05, 4.69) is 10.4 Å². The molecular weight excluding hydrogens is 236 g/mol. The van der Waals surface area contributed by atoms with Gasteiger partial charge in [0, 0.05) is 31.7 Å². The van der Waals surface area contributed by atoms with Gasteiger partial charge in [-0.05, 0) is 27.2 Å². The number of ether oxygens (including phenoxy) is 1. The molecular formula is C11H22N4O3. The molecule has 1 aliphatic heterocycles. The molecule has 1 unspecified atom stereocenters. The van der Waals surface area contributed by atoms with Crippen LogP contribution in [0.2, 0.25) is 0 Å². The van der Waals surface area contributed by atoms with Gasteiger partial charge in [0.05, 0.1) is 6.61 Å². The lowest BCUT2D eigenvalue weighted by Crippen LogP contribution is -2.54. The first-order valence-electron chi connectivity index (χ1n) is 6.08. The standard InChI is InChI=1S/C11H22N4O3/c1-11(2,3)14(7-9-5-6-18-8-9)10(12-4)13-15(16)17/h9H,5-8H2,1-4H3,(H,12,13). The van der Waals surface area contributed by atoms with Crippen molar-refractivity contribution in [3.8, 4) is 0 Å². The molecule has 0 radical (unpaired) electrons. The summed E-state index contributed by atoms with van der Waals surface area (Å²) >= 11 is 0. The number of rotatable bonds is 3. The molecule has 0 spiro atoms. The van der Waals surface area contributed by atoms with E-state index < -0.39 is 5.03 Å². The van der Waals surface area contributed by atoms with Gasteiger partial charge in [0.1, 0.15) is 0 Å². The third-order valence-electron chi connectivity index (χ3n) is 2.93. The highest BCUT2D eigenvalue weighted by molar-refractivity contribution is 5.79. The largest absolute Gasteiger partial charge is 0.381 e. The SMILES string of the molecule is CN=C(N[N+](=O)[O-])N(CC1CCOC1)C(C)(C)C. The third kappa shape index (κ3) is 4.14. The maximum absolute atomic E-state index is 10.6. The van der Waals surface area contributed by atoms with Gasteiger partial charge >= 0.3 is 0 Å². The van der Waals surface area contributed by atoms with Crippen molar-refractivity contribution >= 4 is 5.96 Å². The normalized spacial score (nSPS) is 20.9. The lowest BCUT2D eigenvalue weighted by molar-refractivity contribution is -0.526. The highest BCUT2D eigenvalue weighted by Crippen LogP contribution is 2.20. The van der Waals surface area contributed by atoms with Crippen molar-refractivity contribution in [2.75, 3.05) is 26.8 Å². The smallest absolute Gasteiger partial charge is 0.257 e. The molecule has 1 saturated heterocycles. The van der Waals surface area contributed by atoms with Crippen LogP contribution in [0.1, 0.15) is 27.2 Å². The van der Waals surface area contributed by atoms with E-state index in [1.807, 2.05) is 25.7 Å². The minimum Gasteiger partial charge on any atom is -0.381 e. The van der Waals surface area contributed by atoms with Crippen molar-refractivity contribution in [1.29, 1.82) is 0 Å². The van der Waals surface area contributed by atoms with Gasteiger partial charge in [0.2, 0.25) is 0 Å². The zero-order valence-corrected chi connectivity index (χ0v) is 11.5. The molecule has 0 saturated carbocycles. The Morgan fingerprint density at radius 3 is 2.67 bits per heavy atom. The van der Waals surface area contributed by atoms with Crippen LogP contribution in [0.4, 0.5) is 0 Å². The Balaban J connectivity index is 2.79. The third-order valence-corrected chi connectivity index (χ3v) is 2.93. The minimum absolute atomic E-state index is 0.236. The Kier molecular flexibility index (Phi) is 4.89. The molecule has 0 bridgehead atoms. The Hall–Kier alpha value is -1.37. The molecule has 1 heterocycles. The summed E-state index contributed by atoms with van der Waals surface area (Å²) in [7, 11) is 1.55. The molecule has 1 rings (SSSR count). The van der Waals surface area contributed by atoms with Gasteiger partial charge in [0.15, 0.2) is 5.03 Å². The molecule has 1 fully saturated rings. The Morgan fingerprint density at radius 2 is 2.28 bits per heavy atom. The van der Waals surface area contributed by atoms with Gasteiger partial charge in [-0.1, -0.05) is 5.43 Å². The van der Waals surface area contributed by atoms with E-state index in [4.69, 9.17) is 4.74 Å². The van der Waals surface area contributed by atoms with E-state index in [1.54, 1.807) is 7.05 Å². The van der Waals surface area contributed by atoms with Gasteiger partial charge < -0.3 is 9.64 Å². The van der Waals surface area contributed by atoms with Crippen LogP contribution in [-0.4, -0.2) is 48.2 Å². The van der Waals surface area contributed by atoms with E-state index in [1.165, 1.54) is 0 Å². The van der Waals surface area contributed by atoms with Crippen LogP contribution in [0, 0.1) is 16.0 Å². The maximum atomic E-state index is 10.6. The van der Waals surface area contributed by atoms with Gasteiger partial charge in [-0.3, -0.25) is 4.99 Å². The fraction of sp³-hybridized carbons (Fsp3) is 0.909. The number of nitro groups is 1. The number of nitrogens with zero attached hydrogens (tertiary/aromatic N) is 3. The van der Waals surface area contributed by atoms with E-state index in [-0.39, 0.29) is 5.54 Å². The lowest BCUT2D eigenvalue weighted by Gasteiger charge is -2.37. The predicted octanol–water partition coefficient (Wildman–Crippen LogP) is 0.891. The summed E-state index contributed by atoms with van der Waals surface area (Å²) in [5.41, 5.74) is 1.93. The van der Waals surface area contributed by atoms with Gasteiger partial charge in [-0.15, -0.1) is 0 Å². The van der Waals surface area contributed by atoms with Crippen LogP contribution < -0.4 is 5.43 Å². The van der Waals surface area contributed by atoms with Crippen molar-refractivity contribution in [3.05, 3.63) is 10.1 Å².